The van der Waals surface area contributed by atoms with E-state index >= 15 is 0 Å². The number of nitrogens with one attached hydrogen (secondary N) is 2. The summed E-state index contributed by atoms with van der Waals surface area (Å²) in [4.78, 5) is 18.4. The number of para-hydroxylation sites is 1. The van der Waals surface area contributed by atoms with Crippen molar-refractivity contribution in [3.05, 3.63) is 64.3 Å². The number of fused-ring (bicyclic) bond motifs is 1. The highest BCUT2D eigenvalue weighted by Gasteiger charge is 2.28. The monoisotopic (exact) mass is 439 g/mol. The molecule has 0 bridgehead atoms. The first-order valence-corrected chi connectivity index (χ1v) is 10.7. The number of carbonyl (C=O) groups excluding carboxylic acids is 1. The Kier molecular flexibility index (Phi) is 5.56. The Labute approximate surface area is 174 Å². The predicted octanol–water partition coefficient (Wildman–Crippen LogP) is 5.45. The van der Waals surface area contributed by atoms with Crippen molar-refractivity contribution in [2.75, 3.05) is 18.4 Å². The summed E-state index contributed by atoms with van der Waals surface area (Å²) < 4.78 is 0.922. The number of likely N-dealkylation sites (tertiary alicyclic amines) is 1. The quantitative estimate of drug-likeness (QED) is 0.567. The number of aromatic amines is 1. The van der Waals surface area contributed by atoms with Crippen molar-refractivity contribution in [3.63, 3.8) is 0 Å². The molecular formula is C23H26BrN3O. The van der Waals surface area contributed by atoms with Crippen LogP contribution in [0.4, 0.5) is 5.69 Å². The van der Waals surface area contributed by atoms with Gasteiger partial charge in [0.2, 0.25) is 5.91 Å². The smallest absolute Gasteiger partial charge is 0.241 e. The van der Waals surface area contributed by atoms with Crippen LogP contribution >= 0.6 is 15.9 Å². The van der Waals surface area contributed by atoms with Crippen LogP contribution in [0.2, 0.25) is 0 Å². The number of aryl methyl sites for hydroxylation is 1. The second-order valence-corrected chi connectivity index (χ2v) is 8.60. The van der Waals surface area contributed by atoms with E-state index in [-0.39, 0.29) is 11.9 Å². The van der Waals surface area contributed by atoms with E-state index in [1.165, 1.54) is 16.5 Å². The summed E-state index contributed by atoms with van der Waals surface area (Å²) in [7, 11) is 0. The molecule has 0 spiro atoms. The lowest BCUT2D eigenvalue weighted by Gasteiger charge is -2.35. The number of hydrogen-bond donors (Lipinski definition) is 2. The molecular weight excluding hydrogens is 414 g/mol. The summed E-state index contributed by atoms with van der Waals surface area (Å²) in [6.07, 6.45) is 4.32. The summed E-state index contributed by atoms with van der Waals surface area (Å²) in [6, 6.07) is 14.3. The average molecular weight is 440 g/mol. The topological polar surface area (TPSA) is 48.1 Å². The Bertz CT molecular complexity index is 988. The summed E-state index contributed by atoms with van der Waals surface area (Å²) >= 11 is 3.54. The highest BCUT2D eigenvalue weighted by atomic mass is 79.9. The summed E-state index contributed by atoms with van der Waals surface area (Å²) in [5.74, 6) is 0.601. The van der Waals surface area contributed by atoms with Gasteiger partial charge in [-0.25, -0.2) is 0 Å². The van der Waals surface area contributed by atoms with E-state index in [0.29, 0.717) is 5.92 Å². The molecule has 146 valence electrons. The Morgan fingerprint density at radius 3 is 2.71 bits per heavy atom. The molecule has 0 aliphatic carbocycles. The zero-order valence-electron chi connectivity index (χ0n) is 16.3. The Hall–Kier alpha value is -2.11. The van der Waals surface area contributed by atoms with Crippen molar-refractivity contribution in [1.29, 1.82) is 0 Å². The maximum absolute atomic E-state index is 12.8. The second-order valence-electron chi connectivity index (χ2n) is 7.75. The fraction of sp³-hybridized carbons (Fsp3) is 0.348. The van der Waals surface area contributed by atoms with Crippen molar-refractivity contribution < 1.29 is 4.79 Å². The highest BCUT2D eigenvalue weighted by molar-refractivity contribution is 9.10. The molecule has 3 aromatic rings. The SMILES string of the molecule is Cc1ccc(NC(=O)[C@@H](C)N2CCC(c3c[nH]c4ccccc34)CC2)c(Br)c1. The van der Waals surface area contributed by atoms with Crippen LogP contribution in [0.1, 0.15) is 36.8 Å². The molecule has 1 saturated heterocycles. The van der Waals surface area contributed by atoms with E-state index in [1.54, 1.807) is 0 Å². The molecule has 2 heterocycles. The van der Waals surface area contributed by atoms with E-state index in [1.807, 2.05) is 32.0 Å². The lowest BCUT2D eigenvalue weighted by molar-refractivity contribution is -0.121. The van der Waals surface area contributed by atoms with E-state index in [0.717, 1.165) is 41.7 Å². The Morgan fingerprint density at radius 2 is 1.96 bits per heavy atom. The fourth-order valence-corrected chi connectivity index (χ4v) is 4.75. The van der Waals surface area contributed by atoms with Crippen LogP contribution in [0.5, 0.6) is 0 Å². The second kappa shape index (κ2) is 8.10. The van der Waals surface area contributed by atoms with Crippen LogP contribution in [-0.4, -0.2) is 34.9 Å². The van der Waals surface area contributed by atoms with Gasteiger partial charge in [0.05, 0.1) is 11.7 Å². The first-order valence-electron chi connectivity index (χ1n) is 9.90. The van der Waals surface area contributed by atoms with Gasteiger partial charge in [-0.2, -0.15) is 0 Å². The summed E-state index contributed by atoms with van der Waals surface area (Å²) in [5.41, 5.74) is 4.61. The first kappa shape index (κ1) is 19.2. The molecule has 1 atom stereocenters. The molecule has 0 unspecified atom stereocenters. The van der Waals surface area contributed by atoms with Gasteiger partial charge in [-0.1, -0.05) is 24.3 Å². The molecule has 2 aromatic carbocycles. The lowest BCUT2D eigenvalue weighted by atomic mass is 9.88. The number of benzene rings is 2. The summed E-state index contributed by atoms with van der Waals surface area (Å²) in [5, 5.41) is 4.39. The van der Waals surface area contributed by atoms with Crippen molar-refractivity contribution in [2.45, 2.75) is 38.6 Å². The van der Waals surface area contributed by atoms with Gasteiger partial charge < -0.3 is 10.3 Å². The minimum atomic E-state index is -0.142. The maximum atomic E-state index is 12.8. The number of aromatic nitrogens is 1. The molecule has 0 saturated carbocycles. The van der Waals surface area contributed by atoms with Gasteiger partial charge in [0.25, 0.3) is 0 Å². The number of H-pyrrole nitrogens is 1. The number of anilines is 1. The molecule has 0 radical (unpaired) electrons. The van der Waals surface area contributed by atoms with Crippen LogP contribution in [-0.2, 0) is 4.79 Å². The largest absolute Gasteiger partial charge is 0.361 e. The molecule has 28 heavy (non-hydrogen) atoms. The molecule has 2 N–H and O–H groups in total. The number of rotatable bonds is 4. The van der Waals surface area contributed by atoms with Gasteiger partial charge >= 0.3 is 0 Å². The number of carbonyl (C=O) groups is 1. The van der Waals surface area contributed by atoms with E-state index in [9.17, 15) is 4.79 Å². The number of hydrogen-bond acceptors (Lipinski definition) is 2. The van der Waals surface area contributed by atoms with Crippen molar-refractivity contribution in [3.8, 4) is 0 Å². The average Bonchev–Trinajstić information content (AvgIpc) is 3.14. The molecule has 1 aromatic heterocycles. The first-order chi connectivity index (χ1) is 13.5. The third-order valence-electron chi connectivity index (χ3n) is 5.90. The fourth-order valence-electron chi connectivity index (χ4n) is 4.15. The van der Waals surface area contributed by atoms with Crippen LogP contribution in [0.25, 0.3) is 10.9 Å². The zero-order chi connectivity index (χ0) is 19.7. The van der Waals surface area contributed by atoms with Gasteiger partial charge in [0.1, 0.15) is 0 Å². The molecule has 5 heteroatoms. The summed E-state index contributed by atoms with van der Waals surface area (Å²) in [6.45, 7) is 5.92. The van der Waals surface area contributed by atoms with Gasteiger partial charge in [0.15, 0.2) is 0 Å². The van der Waals surface area contributed by atoms with E-state index in [4.69, 9.17) is 0 Å². The maximum Gasteiger partial charge on any atom is 0.241 e. The predicted molar refractivity (Wildman–Crippen MR) is 119 cm³/mol. The number of nitrogens with zero attached hydrogens (tertiary/aromatic N) is 1. The molecule has 1 aliphatic rings. The number of amides is 1. The standard InChI is InChI=1S/C23H26BrN3O/c1-15-7-8-22(20(24)13-15)26-23(28)16(2)27-11-9-17(10-12-27)19-14-25-21-6-4-3-5-18(19)21/h3-8,13-14,16-17,25H,9-12H2,1-2H3,(H,26,28)/t16-/m1/s1. The van der Waals surface area contributed by atoms with Crippen molar-refractivity contribution in [1.82, 2.24) is 9.88 Å². The van der Waals surface area contributed by atoms with Gasteiger partial charge in [-0.05, 0) is 91.0 Å². The van der Waals surface area contributed by atoms with Crippen LogP contribution < -0.4 is 5.32 Å². The van der Waals surface area contributed by atoms with E-state index in [2.05, 4.69) is 61.6 Å². The Morgan fingerprint density at radius 1 is 1.21 bits per heavy atom. The highest BCUT2D eigenvalue weighted by Crippen LogP contribution is 2.33. The van der Waals surface area contributed by atoms with Crippen LogP contribution in [0, 0.1) is 6.92 Å². The van der Waals surface area contributed by atoms with Gasteiger partial charge in [-0.3, -0.25) is 9.69 Å². The molecule has 1 amide bonds. The molecule has 1 aliphatic heterocycles. The van der Waals surface area contributed by atoms with Gasteiger partial charge in [-0.15, -0.1) is 0 Å². The lowest BCUT2D eigenvalue weighted by Crippen LogP contribution is -2.45. The van der Waals surface area contributed by atoms with E-state index < -0.39 is 0 Å². The third kappa shape index (κ3) is 3.87. The molecule has 4 nitrogen and oxygen atoms in total. The Balaban J connectivity index is 1.38. The minimum Gasteiger partial charge on any atom is -0.361 e. The normalized spacial score (nSPS) is 17.0. The minimum absolute atomic E-state index is 0.0510. The molecule has 1 fully saturated rings. The number of piperidine rings is 1. The number of halogens is 1. The molecule has 4 rings (SSSR count). The van der Waals surface area contributed by atoms with Gasteiger partial charge in [0, 0.05) is 21.6 Å². The van der Waals surface area contributed by atoms with Crippen molar-refractivity contribution in [2.24, 2.45) is 0 Å². The van der Waals surface area contributed by atoms with Crippen molar-refractivity contribution >= 4 is 38.4 Å². The zero-order valence-corrected chi connectivity index (χ0v) is 17.9. The third-order valence-corrected chi connectivity index (χ3v) is 6.56. The van der Waals surface area contributed by atoms with Crippen LogP contribution in [0.15, 0.2) is 53.1 Å². The van der Waals surface area contributed by atoms with Crippen LogP contribution in [0.3, 0.4) is 0 Å².